The van der Waals surface area contributed by atoms with Crippen molar-refractivity contribution in [2.24, 2.45) is 0 Å². The molecule has 1 rings (SSSR count). The summed E-state index contributed by atoms with van der Waals surface area (Å²) in [5, 5.41) is 0. The molecule has 0 aliphatic heterocycles. The molecule has 0 amide bonds. The van der Waals surface area contributed by atoms with Gasteiger partial charge in [-0.05, 0) is 13.8 Å². The Labute approximate surface area is 73.6 Å². The molecule has 1 heterocycles. The summed E-state index contributed by atoms with van der Waals surface area (Å²) in [5.41, 5.74) is 0. The lowest BCUT2D eigenvalue weighted by molar-refractivity contribution is -0.567. The fourth-order valence-corrected chi connectivity index (χ4v) is 0.798. The van der Waals surface area contributed by atoms with Crippen LogP contribution in [0.3, 0.4) is 0 Å². The van der Waals surface area contributed by atoms with Gasteiger partial charge in [0.2, 0.25) is 6.33 Å². The first-order chi connectivity index (χ1) is 4.74. The van der Waals surface area contributed by atoms with Crippen LogP contribution in [0.4, 0.5) is 0 Å². The van der Waals surface area contributed by atoms with Crippen molar-refractivity contribution in [2.75, 3.05) is 0 Å². The zero-order valence-corrected chi connectivity index (χ0v) is 7.62. The number of aromatic nitrogens is 2. The van der Waals surface area contributed by atoms with Gasteiger partial charge in [0.1, 0.15) is 12.4 Å². The topological polar surface area (TPSA) is 8.81 Å². The highest BCUT2D eigenvalue weighted by Gasteiger charge is 2.02. The van der Waals surface area contributed by atoms with Gasteiger partial charge >= 0.3 is 0 Å². The second kappa shape index (κ2) is 4.19. The quantitative estimate of drug-likeness (QED) is 0.479. The molecule has 0 saturated heterocycles. The van der Waals surface area contributed by atoms with Crippen LogP contribution in [0.5, 0.6) is 0 Å². The van der Waals surface area contributed by atoms with Crippen LogP contribution in [0, 0.1) is 0 Å². The molecule has 2 nitrogen and oxygen atoms in total. The number of nitrogens with zero attached hydrogens (tertiary/aromatic N) is 2. The summed E-state index contributed by atoms with van der Waals surface area (Å²) in [6.07, 6.45) is 7.80. The predicted octanol–water partition coefficient (Wildman–Crippen LogP) is -1.54. The van der Waals surface area contributed by atoms with Gasteiger partial charge in [0.15, 0.2) is 0 Å². The van der Waals surface area contributed by atoms with Gasteiger partial charge in [-0.25, -0.2) is 9.13 Å². The zero-order valence-electron chi connectivity index (χ0n) is 6.87. The molecule has 62 valence electrons. The summed E-state index contributed by atoms with van der Waals surface area (Å²) < 4.78 is 4.06. The van der Waals surface area contributed by atoms with E-state index in [9.17, 15) is 0 Å². The molecule has 0 atom stereocenters. The molecule has 0 aliphatic carbocycles. The summed E-state index contributed by atoms with van der Waals surface area (Å²) in [5.74, 6) is 0. The molecular formula is C8H13ClN2. The van der Waals surface area contributed by atoms with E-state index >= 15 is 0 Å². The average molecular weight is 173 g/mol. The molecule has 0 saturated carbocycles. The highest BCUT2D eigenvalue weighted by molar-refractivity contribution is 4.94. The first-order valence-electron chi connectivity index (χ1n) is 3.45. The van der Waals surface area contributed by atoms with Gasteiger partial charge < -0.3 is 12.4 Å². The number of hydrogen-bond acceptors (Lipinski definition) is 0. The summed E-state index contributed by atoms with van der Waals surface area (Å²) in [6, 6.07) is 0.529. The van der Waals surface area contributed by atoms with Gasteiger partial charge in [-0.1, -0.05) is 6.58 Å². The van der Waals surface area contributed by atoms with Crippen molar-refractivity contribution in [3.8, 4) is 0 Å². The maximum Gasteiger partial charge on any atom is 0.248 e. The fourth-order valence-electron chi connectivity index (χ4n) is 0.798. The minimum atomic E-state index is 0. The molecule has 0 N–H and O–H groups in total. The van der Waals surface area contributed by atoms with Gasteiger partial charge in [0.25, 0.3) is 0 Å². The van der Waals surface area contributed by atoms with Crippen molar-refractivity contribution in [1.29, 1.82) is 0 Å². The highest BCUT2D eigenvalue weighted by Crippen LogP contribution is 1.99. The molecule has 0 aliphatic rings. The van der Waals surface area contributed by atoms with Crippen molar-refractivity contribution < 1.29 is 17.0 Å². The van der Waals surface area contributed by atoms with E-state index in [4.69, 9.17) is 0 Å². The van der Waals surface area contributed by atoms with E-state index in [1.54, 1.807) is 6.20 Å². The Hall–Kier alpha value is -0.760. The number of rotatable bonds is 2. The van der Waals surface area contributed by atoms with Crippen molar-refractivity contribution in [3.05, 3.63) is 25.3 Å². The zero-order chi connectivity index (χ0) is 7.56. The van der Waals surface area contributed by atoms with E-state index in [-0.39, 0.29) is 12.4 Å². The summed E-state index contributed by atoms with van der Waals surface area (Å²) >= 11 is 0. The van der Waals surface area contributed by atoms with Gasteiger partial charge in [0, 0.05) is 0 Å². The average Bonchev–Trinajstić information content (AvgIpc) is 2.34. The van der Waals surface area contributed by atoms with Gasteiger partial charge in [-0.2, -0.15) is 0 Å². The van der Waals surface area contributed by atoms with Crippen molar-refractivity contribution in [1.82, 2.24) is 4.57 Å². The van der Waals surface area contributed by atoms with E-state index in [2.05, 4.69) is 25.0 Å². The standard InChI is InChI=1S/C8H13N2.ClH/c1-4-9-5-6-10(7-9)8(2)3;/h4-8H,1H2,2-3H3;1H/q+1;/p-1. The lowest BCUT2D eigenvalue weighted by Crippen LogP contribution is -3.00. The van der Waals surface area contributed by atoms with Gasteiger partial charge in [-0.15, -0.1) is 0 Å². The molecule has 0 bridgehead atoms. The third-order valence-electron chi connectivity index (χ3n) is 1.48. The SMILES string of the molecule is C=C[n+]1ccn(C(C)C)c1.[Cl-]. The molecule has 0 aromatic carbocycles. The molecule has 0 radical (unpaired) electrons. The minimum Gasteiger partial charge on any atom is -1.00 e. The molecule has 11 heavy (non-hydrogen) atoms. The van der Waals surface area contributed by atoms with Crippen LogP contribution in [0.1, 0.15) is 19.9 Å². The highest BCUT2D eigenvalue weighted by atomic mass is 35.5. The summed E-state index contributed by atoms with van der Waals surface area (Å²) in [7, 11) is 0. The van der Waals surface area contributed by atoms with Gasteiger partial charge in [0.05, 0.1) is 12.2 Å². The van der Waals surface area contributed by atoms with Crippen LogP contribution in [0.25, 0.3) is 6.20 Å². The lowest BCUT2D eigenvalue weighted by atomic mass is 10.4. The predicted molar refractivity (Wildman–Crippen MR) is 41.4 cm³/mol. The number of hydrogen-bond donors (Lipinski definition) is 0. The number of imidazole rings is 1. The van der Waals surface area contributed by atoms with E-state index < -0.39 is 0 Å². The Morgan fingerprint density at radius 1 is 1.55 bits per heavy atom. The van der Waals surface area contributed by atoms with E-state index in [0.717, 1.165) is 0 Å². The smallest absolute Gasteiger partial charge is 0.248 e. The monoisotopic (exact) mass is 172 g/mol. The third kappa shape index (κ3) is 2.39. The Morgan fingerprint density at radius 2 is 2.18 bits per heavy atom. The van der Waals surface area contributed by atoms with Crippen LogP contribution >= 0.6 is 0 Å². The van der Waals surface area contributed by atoms with Crippen molar-refractivity contribution in [2.45, 2.75) is 19.9 Å². The number of halogens is 1. The van der Waals surface area contributed by atoms with Crippen molar-refractivity contribution >= 4 is 6.20 Å². The van der Waals surface area contributed by atoms with E-state index in [1.165, 1.54) is 0 Å². The largest absolute Gasteiger partial charge is 1.00 e. The van der Waals surface area contributed by atoms with Crippen LogP contribution in [-0.2, 0) is 0 Å². The second-order valence-corrected chi connectivity index (χ2v) is 2.58. The molecule has 3 heteroatoms. The van der Waals surface area contributed by atoms with Crippen LogP contribution < -0.4 is 17.0 Å². The second-order valence-electron chi connectivity index (χ2n) is 2.58. The van der Waals surface area contributed by atoms with E-state index in [0.29, 0.717) is 6.04 Å². The maximum absolute atomic E-state index is 3.65. The molecule has 0 spiro atoms. The Balaban J connectivity index is 0.000001000. The lowest BCUT2D eigenvalue weighted by Gasteiger charge is -1.95. The van der Waals surface area contributed by atoms with Crippen LogP contribution in [0.15, 0.2) is 25.3 Å². The minimum absolute atomic E-state index is 0. The molecule has 0 unspecified atom stereocenters. The Kier molecular flexibility index (Phi) is 3.90. The third-order valence-corrected chi connectivity index (χ3v) is 1.48. The van der Waals surface area contributed by atoms with Crippen molar-refractivity contribution in [3.63, 3.8) is 0 Å². The van der Waals surface area contributed by atoms with Crippen LogP contribution in [0.2, 0.25) is 0 Å². The first kappa shape index (κ1) is 10.2. The van der Waals surface area contributed by atoms with E-state index in [1.807, 2.05) is 23.3 Å². The Bertz CT molecular complexity index is 228. The maximum atomic E-state index is 3.65. The Morgan fingerprint density at radius 3 is 2.45 bits per heavy atom. The summed E-state index contributed by atoms with van der Waals surface area (Å²) in [4.78, 5) is 0. The van der Waals surface area contributed by atoms with Crippen LogP contribution in [-0.4, -0.2) is 4.57 Å². The fraction of sp³-hybridized carbons (Fsp3) is 0.375. The molecule has 0 fully saturated rings. The normalized spacial score (nSPS) is 9.36. The molecular weight excluding hydrogens is 160 g/mol. The summed E-state index contributed by atoms with van der Waals surface area (Å²) in [6.45, 7) is 7.95. The molecule has 1 aromatic heterocycles. The molecule has 1 aromatic rings. The first-order valence-corrected chi connectivity index (χ1v) is 3.45. The van der Waals surface area contributed by atoms with Gasteiger partial charge in [-0.3, -0.25) is 0 Å².